The van der Waals surface area contributed by atoms with Crippen molar-refractivity contribution in [2.45, 2.75) is 115 Å². The van der Waals surface area contributed by atoms with Crippen LogP contribution in [0.4, 0.5) is 4.79 Å². The van der Waals surface area contributed by atoms with E-state index in [1.807, 2.05) is 43.0 Å². The summed E-state index contributed by atoms with van der Waals surface area (Å²) in [5.41, 5.74) is 4.02. The van der Waals surface area contributed by atoms with E-state index < -0.39 is 6.04 Å². The summed E-state index contributed by atoms with van der Waals surface area (Å²) in [5.74, 6) is 2.90. The second kappa shape index (κ2) is 21.0. The van der Waals surface area contributed by atoms with E-state index in [2.05, 4.69) is 39.2 Å². The number of carbonyl (C=O) groups excluding carboxylic acids is 3. The fourth-order valence-electron chi connectivity index (χ4n) is 7.48. The van der Waals surface area contributed by atoms with Crippen LogP contribution in [0.5, 0.6) is 0 Å². The molecule has 5 heterocycles. The molecule has 304 valence electrons. The number of hydrogen-bond acceptors (Lipinski definition) is 11. The highest BCUT2D eigenvalue weighted by Crippen LogP contribution is 2.40. The first-order valence-electron chi connectivity index (χ1n) is 20.0. The van der Waals surface area contributed by atoms with Gasteiger partial charge in [0.15, 0.2) is 5.82 Å². The molecule has 0 unspecified atom stereocenters. The van der Waals surface area contributed by atoms with E-state index in [0.717, 1.165) is 83.9 Å². The van der Waals surface area contributed by atoms with Crippen molar-refractivity contribution >= 4 is 58.0 Å². The van der Waals surface area contributed by atoms with Crippen LogP contribution in [-0.2, 0) is 23.8 Å². The van der Waals surface area contributed by atoms with Gasteiger partial charge in [0.05, 0.1) is 44.2 Å². The molecule has 15 heteroatoms. The number of urea groups is 1. The lowest BCUT2D eigenvalue weighted by atomic mass is 9.99. The Morgan fingerprint density at radius 2 is 1.48 bits per heavy atom. The SMILES string of the molecule is Cc1sc2c(c1C)C(c1ccc(Cl)cc1)=N[C@@H](CC(=O)CCCCOCCOCCOCCCCC(=O)CCCC[C@H]1SC[C@H]3NC(=O)N[C@H]31)c1nnc(C)n1-2. The molecule has 0 spiro atoms. The van der Waals surface area contributed by atoms with Crippen LogP contribution in [0.15, 0.2) is 29.3 Å². The average Bonchev–Trinajstić information content (AvgIpc) is 3.91. The Morgan fingerprint density at radius 1 is 0.839 bits per heavy atom. The maximum Gasteiger partial charge on any atom is 0.315 e. The molecule has 56 heavy (non-hydrogen) atoms. The van der Waals surface area contributed by atoms with Gasteiger partial charge in [0, 0.05) is 70.9 Å². The Labute approximate surface area is 343 Å². The predicted octanol–water partition coefficient (Wildman–Crippen LogP) is 7.44. The molecular weight excluding hydrogens is 772 g/mol. The van der Waals surface area contributed by atoms with E-state index in [4.69, 9.17) is 30.8 Å². The lowest BCUT2D eigenvalue weighted by Crippen LogP contribution is -2.36. The molecule has 4 atom stereocenters. The largest absolute Gasteiger partial charge is 0.379 e. The number of fused-ring (bicyclic) bond motifs is 4. The number of benzene rings is 1. The number of thiophene rings is 1. The first kappa shape index (κ1) is 42.5. The summed E-state index contributed by atoms with van der Waals surface area (Å²) in [6.45, 7) is 9.36. The molecule has 6 rings (SSSR count). The number of rotatable bonds is 24. The third-order valence-electron chi connectivity index (χ3n) is 10.6. The van der Waals surface area contributed by atoms with Crippen LogP contribution in [0.25, 0.3) is 5.00 Å². The van der Waals surface area contributed by atoms with Gasteiger partial charge < -0.3 is 24.8 Å². The molecule has 2 fully saturated rings. The van der Waals surface area contributed by atoms with Crippen LogP contribution in [-0.4, -0.2) is 101 Å². The first-order chi connectivity index (χ1) is 27.2. The van der Waals surface area contributed by atoms with Gasteiger partial charge in [-0.25, -0.2) is 4.79 Å². The van der Waals surface area contributed by atoms with Crippen LogP contribution in [0, 0.1) is 20.8 Å². The lowest BCUT2D eigenvalue weighted by molar-refractivity contribution is -0.120. The fourth-order valence-corrected chi connectivity index (χ4v) is 10.4. The number of halogens is 1. The molecule has 2 saturated heterocycles. The maximum absolute atomic E-state index is 13.3. The minimum Gasteiger partial charge on any atom is -0.379 e. The smallest absolute Gasteiger partial charge is 0.315 e. The Hall–Kier alpha value is -3.14. The summed E-state index contributed by atoms with van der Waals surface area (Å²) in [5, 5.41) is 17.1. The monoisotopic (exact) mass is 826 g/mol. The summed E-state index contributed by atoms with van der Waals surface area (Å²) in [6, 6.07) is 7.70. The fraction of sp³-hybridized carbons (Fsp3) is 0.610. The molecular formula is C41H55ClN6O6S2. The number of Topliss-reactive ketones (excluding diaryl/α,β-unsaturated/α-hetero) is 2. The minimum absolute atomic E-state index is 0.0491. The molecule has 2 aromatic heterocycles. The van der Waals surface area contributed by atoms with Crippen molar-refractivity contribution in [2.75, 3.05) is 45.4 Å². The van der Waals surface area contributed by atoms with Gasteiger partial charge in [0.25, 0.3) is 0 Å². The van der Waals surface area contributed by atoms with Crippen LogP contribution >= 0.6 is 34.7 Å². The summed E-state index contributed by atoms with van der Waals surface area (Å²) < 4.78 is 19.1. The molecule has 2 amide bonds. The van der Waals surface area contributed by atoms with Crippen molar-refractivity contribution in [1.29, 1.82) is 0 Å². The number of aromatic nitrogens is 3. The molecule has 3 aliphatic heterocycles. The summed E-state index contributed by atoms with van der Waals surface area (Å²) in [7, 11) is 0. The van der Waals surface area contributed by atoms with Crippen molar-refractivity contribution in [3.63, 3.8) is 0 Å². The zero-order valence-corrected chi connectivity index (χ0v) is 35.2. The number of carbonyl (C=O) groups is 3. The van der Waals surface area contributed by atoms with E-state index in [1.54, 1.807) is 11.3 Å². The van der Waals surface area contributed by atoms with E-state index in [0.29, 0.717) is 80.8 Å². The number of unbranched alkanes of at least 4 members (excludes halogenated alkanes) is 3. The third kappa shape index (κ3) is 11.3. The quantitative estimate of drug-likeness (QED) is 0.0695. The number of aryl methyl sites for hydroxylation is 2. The van der Waals surface area contributed by atoms with Crippen molar-refractivity contribution in [3.8, 4) is 5.00 Å². The number of thioether (sulfide) groups is 1. The van der Waals surface area contributed by atoms with E-state index >= 15 is 0 Å². The maximum atomic E-state index is 13.3. The van der Waals surface area contributed by atoms with Crippen molar-refractivity contribution in [2.24, 2.45) is 4.99 Å². The molecule has 0 radical (unpaired) electrons. The number of amides is 2. The number of aliphatic imine (C=N–C) groups is 1. The number of nitrogens with one attached hydrogen (secondary N) is 2. The van der Waals surface area contributed by atoms with E-state index in [9.17, 15) is 14.4 Å². The highest BCUT2D eigenvalue weighted by molar-refractivity contribution is 8.00. The van der Waals surface area contributed by atoms with Crippen molar-refractivity contribution in [3.05, 3.63) is 62.5 Å². The van der Waals surface area contributed by atoms with Gasteiger partial charge >= 0.3 is 6.03 Å². The second-order valence-electron chi connectivity index (χ2n) is 14.8. The van der Waals surface area contributed by atoms with Crippen LogP contribution in [0.2, 0.25) is 5.02 Å². The standard InChI is InChI=1S/C41H55ClN6O6S2/c1-26-27(2)56-40-36(26)37(29-14-16-30(42)17-15-29)43-33(39-47-46-28(3)48(39)40)24-32(50)12-7-9-19-53-21-23-54-22-20-52-18-8-6-11-31(49)10-4-5-13-35-38-34(25-55-35)44-41(51)45-38/h14-17,33-35,38H,4-13,18-25H2,1-3H3,(H2,44,45,51)/t33-,34+,35+,38+/m0/s1. The van der Waals surface area contributed by atoms with Gasteiger partial charge in [-0.3, -0.25) is 19.1 Å². The Bertz CT molecular complexity index is 1830. The Balaban J connectivity index is 0.787. The van der Waals surface area contributed by atoms with Gasteiger partial charge in [-0.1, -0.05) is 30.2 Å². The second-order valence-corrected chi connectivity index (χ2v) is 17.7. The number of ketones is 2. The minimum atomic E-state index is -0.450. The Morgan fingerprint density at radius 3 is 2.18 bits per heavy atom. The highest BCUT2D eigenvalue weighted by atomic mass is 35.5. The molecule has 3 aromatic rings. The zero-order chi connectivity index (χ0) is 39.4. The highest BCUT2D eigenvalue weighted by Gasteiger charge is 2.42. The molecule has 1 aromatic carbocycles. The third-order valence-corrected chi connectivity index (χ3v) is 13.6. The zero-order valence-electron chi connectivity index (χ0n) is 32.8. The Kier molecular flexibility index (Phi) is 16.0. The first-order valence-corrected chi connectivity index (χ1v) is 22.3. The summed E-state index contributed by atoms with van der Waals surface area (Å²) in [6.07, 6.45) is 8.14. The number of ether oxygens (including phenoxy) is 3. The predicted molar refractivity (Wildman–Crippen MR) is 222 cm³/mol. The van der Waals surface area contributed by atoms with Gasteiger partial charge in [-0.05, 0) is 77.0 Å². The van der Waals surface area contributed by atoms with Gasteiger partial charge in [-0.2, -0.15) is 11.8 Å². The lowest BCUT2D eigenvalue weighted by Gasteiger charge is -2.16. The van der Waals surface area contributed by atoms with Gasteiger partial charge in [0.2, 0.25) is 0 Å². The normalized spacial score (nSPS) is 19.9. The summed E-state index contributed by atoms with van der Waals surface area (Å²) >= 11 is 9.84. The number of hydrogen-bond donors (Lipinski definition) is 2. The van der Waals surface area contributed by atoms with E-state index in [1.165, 1.54) is 4.88 Å². The molecule has 0 bridgehead atoms. The van der Waals surface area contributed by atoms with Crippen molar-refractivity contribution < 1.29 is 28.6 Å². The summed E-state index contributed by atoms with van der Waals surface area (Å²) in [4.78, 5) is 43.5. The number of nitrogens with zero attached hydrogens (tertiary/aromatic N) is 4. The molecule has 0 saturated carbocycles. The molecule has 12 nitrogen and oxygen atoms in total. The van der Waals surface area contributed by atoms with Crippen LogP contribution < -0.4 is 10.6 Å². The average molecular weight is 828 g/mol. The van der Waals surface area contributed by atoms with Gasteiger partial charge in [0.1, 0.15) is 28.4 Å². The van der Waals surface area contributed by atoms with Crippen LogP contribution in [0.1, 0.15) is 110 Å². The molecule has 0 aliphatic carbocycles. The topological polar surface area (TPSA) is 146 Å². The van der Waals surface area contributed by atoms with E-state index in [-0.39, 0.29) is 30.3 Å². The van der Waals surface area contributed by atoms with Crippen molar-refractivity contribution in [1.82, 2.24) is 25.4 Å². The van der Waals surface area contributed by atoms with Crippen LogP contribution in [0.3, 0.4) is 0 Å². The molecule has 2 N–H and O–H groups in total. The van der Waals surface area contributed by atoms with Gasteiger partial charge in [-0.15, -0.1) is 21.5 Å². The molecule has 3 aliphatic rings.